The average molecular weight is 643 g/mol. The van der Waals surface area contributed by atoms with Crippen molar-refractivity contribution in [1.82, 2.24) is 34.4 Å². The zero-order valence-electron chi connectivity index (χ0n) is 25.5. The monoisotopic (exact) mass is 642 g/mol. The van der Waals surface area contributed by atoms with Crippen LogP contribution in [0.15, 0.2) is 73.1 Å². The second-order valence-corrected chi connectivity index (χ2v) is 12.0. The van der Waals surface area contributed by atoms with Crippen molar-refractivity contribution in [3.05, 3.63) is 89.9 Å². The summed E-state index contributed by atoms with van der Waals surface area (Å²) in [4.78, 5) is 41.4. The van der Waals surface area contributed by atoms with Crippen LogP contribution in [0.3, 0.4) is 0 Å². The van der Waals surface area contributed by atoms with Crippen LogP contribution in [0.4, 0.5) is 24.8 Å². The van der Waals surface area contributed by atoms with Gasteiger partial charge in [0.2, 0.25) is 11.9 Å². The van der Waals surface area contributed by atoms with Crippen LogP contribution >= 0.6 is 0 Å². The van der Waals surface area contributed by atoms with E-state index in [-0.39, 0.29) is 12.5 Å². The number of aromatic nitrogens is 5. The molecule has 5 aromatic rings. The molecule has 6 heterocycles. The van der Waals surface area contributed by atoms with Crippen LogP contribution in [0.1, 0.15) is 59.6 Å². The van der Waals surface area contributed by atoms with Gasteiger partial charge in [0.25, 0.3) is 5.91 Å². The van der Waals surface area contributed by atoms with Crippen molar-refractivity contribution >= 4 is 45.7 Å². The molecule has 10 nitrogen and oxygen atoms in total. The fraction of sp³-hybridized carbons (Fsp3) is 0.324. The Hall–Kier alpha value is -5.20. The van der Waals surface area contributed by atoms with Crippen molar-refractivity contribution in [2.24, 2.45) is 0 Å². The van der Waals surface area contributed by atoms with E-state index in [1.807, 2.05) is 47.4 Å². The fourth-order valence-electron chi connectivity index (χ4n) is 6.36. The normalized spacial score (nSPS) is 16.1. The first-order chi connectivity index (χ1) is 22.7. The third-order valence-corrected chi connectivity index (χ3v) is 8.92. The number of rotatable bonds is 7. The van der Waals surface area contributed by atoms with Gasteiger partial charge in [0.1, 0.15) is 5.65 Å². The first-order valence-electron chi connectivity index (χ1n) is 15.7. The van der Waals surface area contributed by atoms with Gasteiger partial charge in [-0.1, -0.05) is 6.08 Å². The van der Waals surface area contributed by atoms with Crippen molar-refractivity contribution in [3.63, 3.8) is 0 Å². The Morgan fingerprint density at radius 2 is 1.81 bits per heavy atom. The summed E-state index contributed by atoms with van der Waals surface area (Å²) in [5, 5.41) is 8.86. The largest absolute Gasteiger partial charge is 0.389 e. The lowest BCUT2D eigenvalue weighted by Crippen LogP contribution is -2.37. The Balaban J connectivity index is 0.964. The zero-order chi connectivity index (χ0) is 32.5. The lowest BCUT2D eigenvalue weighted by molar-refractivity contribution is -0.148. The molecule has 0 spiro atoms. The second-order valence-electron chi connectivity index (χ2n) is 12.0. The quantitative estimate of drug-likeness (QED) is 0.215. The highest BCUT2D eigenvalue weighted by molar-refractivity contribution is 5.94. The Bertz CT molecular complexity index is 1920. The maximum atomic E-state index is 13.3. The summed E-state index contributed by atoms with van der Waals surface area (Å²) < 4.78 is 39.3. The van der Waals surface area contributed by atoms with Gasteiger partial charge in [-0.05, 0) is 79.4 Å². The number of nitrogens with one attached hydrogen (secondary N) is 2. The molecule has 0 bridgehead atoms. The Kier molecular flexibility index (Phi) is 8.12. The van der Waals surface area contributed by atoms with Gasteiger partial charge in [0.15, 0.2) is 5.65 Å². The molecule has 0 aliphatic carbocycles. The van der Waals surface area contributed by atoms with Crippen molar-refractivity contribution in [3.8, 4) is 0 Å². The van der Waals surface area contributed by atoms with Crippen LogP contribution in [0.5, 0.6) is 0 Å². The zero-order valence-corrected chi connectivity index (χ0v) is 25.5. The van der Waals surface area contributed by atoms with E-state index in [4.69, 9.17) is 0 Å². The van der Waals surface area contributed by atoms with Crippen LogP contribution in [-0.2, 0) is 4.79 Å². The molecular formula is C34H33F3N8O2. The Morgan fingerprint density at radius 1 is 1.00 bits per heavy atom. The number of benzene rings is 1. The van der Waals surface area contributed by atoms with Gasteiger partial charge in [-0.3, -0.25) is 9.59 Å². The first-order valence-corrected chi connectivity index (χ1v) is 15.7. The van der Waals surface area contributed by atoms with E-state index in [2.05, 4.69) is 31.4 Å². The summed E-state index contributed by atoms with van der Waals surface area (Å²) in [6, 6.07) is 17.2. The average Bonchev–Trinajstić information content (AvgIpc) is 3.71. The molecule has 2 aliphatic heterocycles. The summed E-state index contributed by atoms with van der Waals surface area (Å²) in [6.07, 6.45) is 1.69. The number of carbonyl (C=O) groups excluding carboxylic acids is 2. The molecule has 7 rings (SSSR count). The summed E-state index contributed by atoms with van der Waals surface area (Å²) in [5.41, 5.74) is 5.84. The number of carbonyl (C=O) groups is 2. The SMILES string of the molecule is O=C(CCC(F)(F)F)N1CC=C(c2cccn3nc(Nc4ccc(C(=O)N5CCC(c6cc7cccnc7[nH]6)CC5)cc4)nc23)CC1. The molecule has 1 aromatic carbocycles. The van der Waals surface area contributed by atoms with E-state index in [1.165, 1.54) is 10.6 Å². The van der Waals surface area contributed by atoms with Gasteiger partial charge in [-0.25, -0.2) is 9.50 Å². The number of hydrogen-bond acceptors (Lipinski definition) is 6. The number of hydrogen-bond donors (Lipinski definition) is 2. The lowest BCUT2D eigenvalue weighted by Gasteiger charge is -2.31. The van der Waals surface area contributed by atoms with E-state index in [0.29, 0.717) is 49.1 Å². The predicted octanol–water partition coefficient (Wildman–Crippen LogP) is 6.33. The van der Waals surface area contributed by atoms with Crippen molar-refractivity contribution in [2.75, 3.05) is 31.5 Å². The second kappa shape index (κ2) is 12.5. The number of alkyl halides is 3. The van der Waals surface area contributed by atoms with Gasteiger partial charge in [-0.15, -0.1) is 5.10 Å². The molecule has 0 unspecified atom stereocenters. The number of fused-ring (bicyclic) bond motifs is 2. The minimum Gasteiger partial charge on any atom is -0.343 e. The highest BCUT2D eigenvalue weighted by atomic mass is 19.4. The van der Waals surface area contributed by atoms with E-state index in [1.54, 1.807) is 29.0 Å². The molecule has 2 N–H and O–H groups in total. The first kappa shape index (κ1) is 30.5. The van der Waals surface area contributed by atoms with E-state index < -0.39 is 24.9 Å². The number of likely N-dealkylation sites (tertiary alicyclic amines) is 1. The maximum absolute atomic E-state index is 13.3. The third-order valence-electron chi connectivity index (χ3n) is 8.92. The fourth-order valence-corrected chi connectivity index (χ4v) is 6.36. The number of amides is 2. The summed E-state index contributed by atoms with van der Waals surface area (Å²) in [7, 11) is 0. The number of aromatic amines is 1. The number of anilines is 2. The topological polar surface area (TPSA) is 112 Å². The van der Waals surface area contributed by atoms with Crippen LogP contribution in [0.2, 0.25) is 0 Å². The highest BCUT2D eigenvalue weighted by Gasteiger charge is 2.30. The van der Waals surface area contributed by atoms with Crippen molar-refractivity contribution in [2.45, 2.75) is 44.2 Å². The minimum atomic E-state index is -4.35. The molecule has 242 valence electrons. The smallest absolute Gasteiger partial charge is 0.343 e. The van der Waals surface area contributed by atoms with Gasteiger partial charge < -0.3 is 20.1 Å². The molecule has 1 saturated heterocycles. The van der Waals surface area contributed by atoms with Crippen LogP contribution in [0, 0.1) is 0 Å². The van der Waals surface area contributed by atoms with E-state index in [9.17, 15) is 22.8 Å². The van der Waals surface area contributed by atoms with Crippen LogP contribution in [0.25, 0.3) is 22.3 Å². The molecule has 0 atom stereocenters. The molecular weight excluding hydrogens is 609 g/mol. The number of nitrogens with zero attached hydrogens (tertiary/aromatic N) is 6. The summed E-state index contributed by atoms with van der Waals surface area (Å²) in [5.74, 6) is 0.251. The Morgan fingerprint density at radius 3 is 2.53 bits per heavy atom. The molecule has 4 aromatic heterocycles. The summed E-state index contributed by atoms with van der Waals surface area (Å²) >= 11 is 0. The van der Waals surface area contributed by atoms with Gasteiger partial charge in [0.05, 0.1) is 6.42 Å². The number of piperidine rings is 1. The molecule has 2 amide bonds. The Labute approximate surface area is 268 Å². The number of H-pyrrole nitrogens is 1. The standard InChI is InChI=1S/C34H33F3N8O2/c35-34(36,37)14-9-29(46)43-17-10-22(11-18-43)27-4-2-16-45-31(27)41-33(42-45)39-26-7-5-24(6-8-26)32(47)44-19-12-23(13-20-44)28-21-25-3-1-15-38-30(25)40-28/h1-8,10,15-16,21,23H,9,11-14,17-20H2,(H,38,40)(H,39,42). The van der Waals surface area contributed by atoms with E-state index in [0.717, 1.165) is 40.7 Å². The number of pyridine rings is 2. The predicted molar refractivity (Wildman–Crippen MR) is 171 cm³/mol. The van der Waals surface area contributed by atoms with Gasteiger partial charge in [-0.2, -0.15) is 18.2 Å². The maximum Gasteiger partial charge on any atom is 0.389 e. The van der Waals surface area contributed by atoms with Crippen LogP contribution in [-0.4, -0.2) is 78.5 Å². The van der Waals surface area contributed by atoms with Crippen molar-refractivity contribution in [1.29, 1.82) is 0 Å². The third kappa shape index (κ3) is 6.69. The molecule has 0 radical (unpaired) electrons. The minimum absolute atomic E-state index is 0.00480. The molecule has 1 fully saturated rings. The molecule has 2 aliphatic rings. The molecule has 0 saturated carbocycles. The van der Waals surface area contributed by atoms with E-state index >= 15 is 0 Å². The summed E-state index contributed by atoms with van der Waals surface area (Å²) in [6.45, 7) is 1.95. The van der Waals surface area contributed by atoms with Gasteiger partial charge in [0, 0.05) is 78.8 Å². The lowest BCUT2D eigenvalue weighted by atomic mass is 9.93. The molecule has 13 heteroatoms. The highest BCUT2D eigenvalue weighted by Crippen LogP contribution is 2.31. The van der Waals surface area contributed by atoms with Crippen LogP contribution < -0.4 is 5.32 Å². The number of halogens is 3. The molecule has 47 heavy (non-hydrogen) atoms. The van der Waals surface area contributed by atoms with Gasteiger partial charge >= 0.3 is 6.18 Å². The van der Waals surface area contributed by atoms with Crippen molar-refractivity contribution < 1.29 is 22.8 Å².